The van der Waals surface area contributed by atoms with Crippen molar-refractivity contribution in [1.29, 1.82) is 0 Å². The van der Waals surface area contributed by atoms with E-state index in [9.17, 15) is 18.0 Å². The Kier molecular flexibility index (Phi) is 6.54. The van der Waals surface area contributed by atoms with E-state index in [1.54, 1.807) is 25.1 Å². The van der Waals surface area contributed by atoms with Crippen LogP contribution in [-0.4, -0.2) is 27.6 Å². The molecule has 1 heterocycles. The molecule has 0 atom stereocenters. The van der Waals surface area contributed by atoms with E-state index in [0.717, 1.165) is 5.56 Å². The third kappa shape index (κ3) is 5.55. The van der Waals surface area contributed by atoms with Crippen LogP contribution in [0.2, 0.25) is 5.15 Å². The second kappa shape index (κ2) is 8.92. The summed E-state index contributed by atoms with van der Waals surface area (Å²) < 4.78 is 39.2. The number of thioether (sulfide) groups is 1. The number of nitrogens with one attached hydrogen (secondary N) is 1. The number of amides is 1. The summed E-state index contributed by atoms with van der Waals surface area (Å²) in [7, 11) is 0. The molecule has 0 bridgehead atoms. The highest BCUT2D eigenvalue weighted by Crippen LogP contribution is 2.33. The number of carbonyl (C=O) groups is 1. The van der Waals surface area contributed by atoms with Gasteiger partial charge in [0.05, 0.1) is 29.2 Å². The molecule has 4 nitrogen and oxygen atoms in total. The van der Waals surface area contributed by atoms with Crippen molar-refractivity contribution in [1.82, 2.24) is 9.78 Å². The lowest BCUT2D eigenvalue weighted by molar-refractivity contribution is -0.105. The molecule has 1 N–H and O–H groups in total. The monoisotopic (exact) mass is 439 g/mol. The van der Waals surface area contributed by atoms with Gasteiger partial charge in [0.15, 0.2) is 0 Å². The molecule has 0 aliphatic carbocycles. The van der Waals surface area contributed by atoms with Crippen LogP contribution < -0.4 is 5.32 Å². The number of benzene rings is 2. The first-order chi connectivity index (χ1) is 13.7. The molecule has 0 aliphatic heterocycles. The summed E-state index contributed by atoms with van der Waals surface area (Å²) in [6.45, 7) is 2.05. The zero-order valence-corrected chi connectivity index (χ0v) is 16.9. The van der Waals surface area contributed by atoms with Gasteiger partial charge in [0.25, 0.3) is 5.91 Å². The highest BCUT2D eigenvalue weighted by atomic mass is 35.5. The molecule has 1 amide bonds. The van der Waals surface area contributed by atoms with Crippen molar-refractivity contribution in [2.75, 3.05) is 11.1 Å². The lowest BCUT2D eigenvalue weighted by Crippen LogP contribution is -2.15. The van der Waals surface area contributed by atoms with Crippen LogP contribution in [0.3, 0.4) is 0 Å². The number of halogens is 4. The molecule has 29 heavy (non-hydrogen) atoms. The van der Waals surface area contributed by atoms with Gasteiger partial charge >= 0.3 is 6.18 Å². The summed E-state index contributed by atoms with van der Waals surface area (Å²) in [5.41, 5.74) is 1.89. The van der Waals surface area contributed by atoms with Gasteiger partial charge in [-0.2, -0.15) is 18.3 Å². The van der Waals surface area contributed by atoms with Crippen LogP contribution in [0.5, 0.6) is 0 Å². The second-order valence-corrected chi connectivity index (χ2v) is 7.62. The fourth-order valence-corrected chi connectivity index (χ4v) is 3.80. The third-order valence-electron chi connectivity index (χ3n) is 3.99. The maximum absolute atomic E-state index is 12.8. The van der Waals surface area contributed by atoms with E-state index >= 15 is 0 Å². The van der Waals surface area contributed by atoms with Crippen LogP contribution in [0, 0.1) is 6.92 Å². The molecule has 1 aromatic heterocycles. The van der Waals surface area contributed by atoms with Gasteiger partial charge in [-0.1, -0.05) is 54.1 Å². The van der Waals surface area contributed by atoms with Crippen LogP contribution in [0.25, 0.3) is 0 Å². The number of para-hydroxylation sites is 1. The van der Waals surface area contributed by atoms with E-state index in [-0.39, 0.29) is 16.4 Å². The topological polar surface area (TPSA) is 46.9 Å². The minimum atomic E-state index is -4.31. The van der Waals surface area contributed by atoms with E-state index in [1.165, 1.54) is 10.7 Å². The first-order valence-corrected chi connectivity index (χ1v) is 9.97. The van der Waals surface area contributed by atoms with Crippen molar-refractivity contribution in [2.45, 2.75) is 24.5 Å². The van der Waals surface area contributed by atoms with Crippen molar-refractivity contribution in [3.8, 4) is 0 Å². The Balaban J connectivity index is 1.80. The maximum atomic E-state index is 12.8. The summed E-state index contributed by atoms with van der Waals surface area (Å²) in [5, 5.41) is 7.16. The molecule has 3 rings (SSSR count). The van der Waals surface area contributed by atoms with Crippen molar-refractivity contribution < 1.29 is 18.0 Å². The average molecular weight is 440 g/mol. The molecular weight excluding hydrogens is 423 g/mol. The van der Waals surface area contributed by atoms with E-state index < -0.39 is 17.8 Å². The van der Waals surface area contributed by atoms with Crippen LogP contribution in [0.15, 0.2) is 59.5 Å². The first-order valence-electron chi connectivity index (χ1n) is 8.61. The van der Waals surface area contributed by atoms with E-state index in [1.807, 2.05) is 30.3 Å². The Bertz CT molecular complexity index is 1010. The molecule has 0 fully saturated rings. The van der Waals surface area contributed by atoms with Gasteiger partial charge in [-0.15, -0.1) is 11.8 Å². The SMILES string of the molecule is Cc1nn(Cc2ccccc2)c(Cl)c1C(=O)Nc1ccccc1SCC(F)(F)F. The normalized spacial score (nSPS) is 11.5. The van der Waals surface area contributed by atoms with Gasteiger partial charge in [0.1, 0.15) is 5.15 Å². The molecule has 0 spiro atoms. The summed E-state index contributed by atoms with van der Waals surface area (Å²) >= 11 is 7.00. The zero-order valence-electron chi connectivity index (χ0n) is 15.3. The Morgan fingerprint density at radius 1 is 1.14 bits per heavy atom. The molecule has 0 saturated carbocycles. The van der Waals surface area contributed by atoms with E-state index in [4.69, 9.17) is 11.6 Å². The van der Waals surface area contributed by atoms with Gasteiger partial charge in [-0.25, -0.2) is 4.68 Å². The number of aromatic nitrogens is 2. The van der Waals surface area contributed by atoms with Crippen LogP contribution in [0.1, 0.15) is 21.6 Å². The molecule has 152 valence electrons. The number of hydrogen-bond acceptors (Lipinski definition) is 3. The average Bonchev–Trinajstić information content (AvgIpc) is 2.94. The highest BCUT2D eigenvalue weighted by molar-refractivity contribution is 7.99. The van der Waals surface area contributed by atoms with Gasteiger partial charge in [0, 0.05) is 4.90 Å². The second-order valence-electron chi connectivity index (χ2n) is 6.25. The minimum absolute atomic E-state index is 0.171. The fraction of sp³-hybridized carbons (Fsp3) is 0.200. The molecule has 2 aromatic carbocycles. The van der Waals surface area contributed by atoms with Gasteiger partial charge in [-0.3, -0.25) is 4.79 Å². The Hall–Kier alpha value is -2.45. The fourth-order valence-electron chi connectivity index (χ4n) is 2.71. The number of aryl methyl sites for hydroxylation is 1. The third-order valence-corrected chi connectivity index (χ3v) is 5.52. The zero-order chi connectivity index (χ0) is 21.0. The Morgan fingerprint density at radius 2 is 1.79 bits per heavy atom. The number of anilines is 1. The predicted octanol–water partition coefficient (Wildman–Crippen LogP) is 5.80. The Morgan fingerprint density at radius 3 is 2.48 bits per heavy atom. The first kappa shape index (κ1) is 21.3. The standard InChI is InChI=1S/C20H17ClF3N3OS/c1-13-17(18(21)27(26-13)11-14-7-3-2-4-8-14)19(28)25-15-9-5-6-10-16(15)29-12-20(22,23)24/h2-10H,11-12H2,1H3,(H,25,28). The van der Waals surface area contributed by atoms with Crippen molar-refractivity contribution in [3.63, 3.8) is 0 Å². The summed E-state index contributed by atoms with van der Waals surface area (Å²) in [6.07, 6.45) is -4.31. The van der Waals surface area contributed by atoms with Gasteiger partial charge in [-0.05, 0) is 24.6 Å². The summed E-state index contributed by atoms with van der Waals surface area (Å²) in [5.74, 6) is -1.57. The number of hydrogen-bond donors (Lipinski definition) is 1. The lowest BCUT2D eigenvalue weighted by atomic mass is 10.2. The molecule has 0 aliphatic rings. The largest absolute Gasteiger partial charge is 0.398 e. The highest BCUT2D eigenvalue weighted by Gasteiger charge is 2.28. The van der Waals surface area contributed by atoms with E-state index in [2.05, 4.69) is 10.4 Å². The van der Waals surface area contributed by atoms with Crippen LogP contribution in [0.4, 0.5) is 18.9 Å². The number of carbonyl (C=O) groups excluding carboxylic acids is 1. The molecule has 9 heteroatoms. The van der Waals surface area contributed by atoms with Gasteiger partial charge < -0.3 is 5.32 Å². The molecular formula is C20H17ClF3N3OS. The lowest BCUT2D eigenvalue weighted by Gasteiger charge is -2.12. The molecule has 0 saturated heterocycles. The van der Waals surface area contributed by atoms with Gasteiger partial charge in [0.2, 0.25) is 0 Å². The summed E-state index contributed by atoms with van der Waals surface area (Å²) in [4.78, 5) is 13.1. The molecule has 0 radical (unpaired) electrons. The predicted molar refractivity (Wildman–Crippen MR) is 109 cm³/mol. The van der Waals surface area contributed by atoms with Crippen LogP contribution >= 0.6 is 23.4 Å². The quantitative estimate of drug-likeness (QED) is 0.494. The maximum Gasteiger partial charge on any atom is 0.398 e. The number of nitrogens with zero attached hydrogens (tertiary/aromatic N) is 2. The van der Waals surface area contributed by atoms with Crippen molar-refractivity contribution >= 4 is 35.0 Å². The molecule has 0 unspecified atom stereocenters. The summed E-state index contributed by atoms with van der Waals surface area (Å²) in [6, 6.07) is 15.8. The number of alkyl halides is 3. The van der Waals surface area contributed by atoms with Crippen molar-refractivity contribution in [3.05, 3.63) is 76.6 Å². The van der Waals surface area contributed by atoms with E-state index in [0.29, 0.717) is 28.9 Å². The van der Waals surface area contributed by atoms with Crippen molar-refractivity contribution in [2.24, 2.45) is 0 Å². The smallest absolute Gasteiger partial charge is 0.321 e. The Labute approximate surface area is 175 Å². The number of rotatable bonds is 6. The molecule has 3 aromatic rings. The minimum Gasteiger partial charge on any atom is -0.321 e. The van der Waals surface area contributed by atoms with Crippen LogP contribution in [-0.2, 0) is 6.54 Å².